The van der Waals surface area contributed by atoms with E-state index in [1.54, 1.807) is 0 Å². The van der Waals surface area contributed by atoms with E-state index in [1.807, 2.05) is 24.3 Å². The molecule has 1 N–H and O–H groups in total. The first-order valence-corrected chi connectivity index (χ1v) is 7.98. The zero-order valence-electron chi connectivity index (χ0n) is 9.87. The summed E-state index contributed by atoms with van der Waals surface area (Å²) >= 11 is 7.05. The van der Waals surface area contributed by atoms with Crippen LogP contribution in [0.5, 0.6) is 0 Å². The van der Waals surface area contributed by atoms with Crippen molar-refractivity contribution in [3.63, 3.8) is 0 Å². The second-order valence-corrected chi connectivity index (χ2v) is 5.16. The van der Waals surface area contributed by atoms with Gasteiger partial charge in [0.05, 0.1) is 6.61 Å². The van der Waals surface area contributed by atoms with Crippen molar-refractivity contribution in [2.45, 2.75) is 17.3 Å². The quantitative estimate of drug-likeness (QED) is 0.778. The number of rotatable bonds is 4. The molecule has 2 rings (SSSR count). The van der Waals surface area contributed by atoms with Crippen molar-refractivity contribution in [1.82, 2.24) is 0 Å². The lowest BCUT2D eigenvalue weighted by molar-refractivity contribution is 0.282. The summed E-state index contributed by atoms with van der Waals surface area (Å²) in [7, 11) is 0. The molecule has 0 heterocycles. The van der Waals surface area contributed by atoms with Crippen LogP contribution in [-0.2, 0) is 17.3 Å². The highest BCUT2D eigenvalue weighted by Gasteiger charge is 2.12. The topological polar surface area (TPSA) is 20.2 Å². The highest BCUT2D eigenvalue weighted by atomic mass is 79.9. The van der Waals surface area contributed by atoms with Crippen LogP contribution in [0.25, 0.3) is 11.1 Å². The zero-order valence-corrected chi connectivity index (χ0v) is 13.0. The van der Waals surface area contributed by atoms with Gasteiger partial charge in [0.2, 0.25) is 0 Å². The molecule has 0 unspecified atom stereocenters. The lowest BCUT2D eigenvalue weighted by atomic mass is 9.92. The molecule has 3 heteroatoms. The molecule has 0 aliphatic heterocycles. The van der Waals surface area contributed by atoms with Crippen LogP contribution >= 0.6 is 31.9 Å². The lowest BCUT2D eigenvalue weighted by Gasteiger charge is -2.15. The Kier molecular flexibility index (Phi) is 4.98. The second-order valence-electron chi connectivity index (χ2n) is 4.03. The van der Waals surface area contributed by atoms with Crippen molar-refractivity contribution in [3.8, 4) is 11.1 Å². The summed E-state index contributed by atoms with van der Waals surface area (Å²) in [5.74, 6) is 0. The van der Waals surface area contributed by atoms with E-state index in [4.69, 9.17) is 0 Å². The van der Waals surface area contributed by atoms with Crippen LogP contribution < -0.4 is 0 Å². The largest absolute Gasteiger partial charge is 0.392 e. The average molecular weight is 370 g/mol. The van der Waals surface area contributed by atoms with Crippen molar-refractivity contribution >= 4 is 31.9 Å². The van der Waals surface area contributed by atoms with E-state index >= 15 is 0 Å². The first-order valence-electron chi connectivity index (χ1n) is 5.73. The molecule has 0 saturated carbocycles. The molecule has 0 atom stereocenters. The first kappa shape index (κ1) is 13.8. The summed E-state index contributed by atoms with van der Waals surface area (Å²) < 4.78 is 0. The molecule has 0 aliphatic carbocycles. The lowest BCUT2D eigenvalue weighted by Crippen LogP contribution is -1.97. The third kappa shape index (κ3) is 2.68. The first-order chi connectivity index (χ1) is 8.81. The number of halogens is 2. The fraction of sp³-hybridized carbons (Fsp3) is 0.200. The summed E-state index contributed by atoms with van der Waals surface area (Å²) in [4.78, 5) is 0. The van der Waals surface area contributed by atoms with E-state index in [1.165, 1.54) is 16.7 Å². The number of hydrogen-bond donors (Lipinski definition) is 1. The van der Waals surface area contributed by atoms with Crippen LogP contribution in [-0.4, -0.2) is 5.11 Å². The summed E-state index contributed by atoms with van der Waals surface area (Å²) in [6, 6.07) is 14.3. The monoisotopic (exact) mass is 368 g/mol. The van der Waals surface area contributed by atoms with Crippen LogP contribution in [0, 0.1) is 0 Å². The van der Waals surface area contributed by atoms with Gasteiger partial charge in [-0.25, -0.2) is 0 Å². The van der Waals surface area contributed by atoms with Crippen molar-refractivity contribution in [1.29, 1.82) is 0 Å². The maximum absolute atomic E-state index is 9.54. The Morgan fingerprint density at radius 1 is 0.778 bits per heavy atom. The van der Waals surface area contributed by atoms with E-state index in [2.05, 4.69) is 50.1 Å². The van der Waals surface area contributed by atoms with Gasteiger partial charge in [-0.2, -0.15) is 0 Å². The number of aliphatic hydroxyl groups is 1. The molecule has 0 saturated heterocycles. The van der Waals surface area contributed by atoms with Crippen molar-refractivity contribution in [2.75, 3.05) is 0 Å². The van der Waals surface area contributed by atoms with Crippen LogP contribution in [0.15, 0.2) is 42.5 Å². The van der Waals surface area contributed by atoms with Gasteiger partial charge in [-0.1, -0.05) is 74.3 Å². The summed E-state index contributed by atoms with van der Waals surface area (Å²) in [6.45, 7) is 0.0623. The van der Waals surface area contributed by atoms with Gasteiger partial charge in [-0.15, -0.1) is 0 Å². The third-order valence-electron chi connectivity index (χ3n) is 2.98. The normalized spacial score (nSPS) is 10.6. The van der Waals surface area contributed by atoms with E-state index in [9.17, 15) is 5.11 Å². The molecule has 0 radical (unpaired) electrons. The third-order valence-corrected chi connectivity index (χ3v) is 4.19. The molecular formula is C15H14Br2O. The molecular weight excluding hydrogens is 356 g/mol. The van der Waals surface area contributed by atoms with Gasteiger partial charge in [0.15, 0.2) is 0 Å². The highest BCUT2D eigenvalue weighted by Crippen LogP contribution is 2.32. The maximum Gasteiger partial charge on any atom is 0.0687 e. The fourth-order valence-electron chi connectivity index (χ4n) is 2.12. The summed E-state index contributed by atoms with van der Waals surface area (Å²) in [5, 5.41) is 11.1. The highest BCUT2D eigenvalue weighted by molar-refractivity contribution is 9.08. The SMILES string of the molecule is OCc1cccc(CBr)c1-c1ccccc1CBr. The van der Waals surface area contributed by atoms with E-state index < -0.39 is 0 Å². The molecule has 0 bridgehead atoms. The standard InChI is InChI=1S/C15H14Br2O/c16-8-11-4-1-2-7-14(11)15-12(9-17)5-3-6-13(15)10-18/h1-7,18H,8-10H2. The number of benzene rings is 2. The van der Waals surface area contributed by atoms with Gasteiger partial charge in [0, 0.05) is 10.7 Å². The zero-order chi connectivity index (χ0) is 13.0. The van der Waals surface area contributed by atoms with Crippen LogP contribution in [0.2, 0.25) is 0 Å². The van der Waals surface area contributed by atoms with Gasteiger partial charge >= 0.3 is 0 Å². The van der Waals surface area contributed by atoms with Crippen LogP contribution in [0.3, 0.4) is 0 Å². The van der Waals surface area contributed by atoms with Crippen molar-refractivity contribution < 1.29 is 5.11 Å². The Morgan fingerprint density at radius 2 is 1.39 bits per heavy atom. The van der Waals surface area contributed by atoms with Gasteiger partial charge < -0.3 is 5.11 Å². The number of hydrogen-bond acceptors (Lipinski definition) is 1. The Bertz CT molecular complexity index is 516. The molecule has 2 aromatic rings. The molecule has 18 heavy (non-hydrogen) atoms. The van der Waals surface area contributed by atoms with Crippen LogP contribution in [0.1, 0.15) is 16.7 Å². The molecule has 2 aromatic carbocycles. The second kappa shape index (κ2) is 6.50. The molecule has 0 aliphatic rings. The predicted octanol–water partition coefficient (Wildman–Crippen LogP) is 4.64. The summed E-state index contributed by atoms with van der Waals surface area (Å²) in [5.41, 5.74) is 5.75. The minimum absolute atomic E-state index is 0.0623. The smallest absolute Gasteiger partial charge is 0.0687 e. The Balaban J connectivity index is 2.68. The maximum atomic E-state index is 9.54. The summed E-state index contributed by atoms with van der Waals surface area (Å²) in [6.07, 6.45) is 0. The fourth-order valence-corrected chi connectivity index (χ4v) is 3.08. The molecule has 0 amide bonds. The molecule has 0 fully saturated rings. The van der Waals surface area contributed by atoms with Gasteiger partial charge in [0.1, 0.15) is 0 Å². The van der Waals surface area contributed by atoms with E-state index in [0.29, 0.717) is 0 Å². The van der Waals surface area contributed by atoms with Crippen molar-refractivity contribution in [3.05, 3.63) is 59.2 Å². The van der Waals surface area contributed by atoms with E-state index in [-0.39, 0.29) is 6.61 Å². The minimum Gasteiger partial charge on any atom is -0.392 e. The van der Waals surface area contributed by atoms with Crippen molar-refractivity contribution in [2.24, 2.45) is 0 Å². The minimum atomic E-state index is 0.0623. The molecule has 0 aromatic heterocycles. The molecule has 1 nitrogen and oxygen atoms in total. The molecule has 0 spiro atoms. The van der Waals surface area contributed by atoms with Gasteiger partial charge in [-0.3, -0.25) is 0 Å². The molecule has 94 valence electrons. The number of aliphatic hydroxyl groups excluding tert-OH is 1. The van der Waals surface area contributed by atoms with Crippen LogP contribution in [0.4, 0.5) is 0 Å². The number of alkyl halides is 2. The predicted molar refractivity (Wildman–Crippen MR) is 83.1 cm³/mol. The van der Waals surface area contributed by atoms with Gasteiger partial charge in [0.25, 0.3) is 0 Å². The Labute approximate surface area is 124 Å². The van der Waals surface area contributed by atoms with Gasteiger partial charge in [-0.05, 0) is 27.8 Å². The average Bonchev–Trinajstić information content (AvgIpc) is 2.46. The van der Waals surface area contributed by atoms with E-state index in [0.717, 1.165) is 21.8 Å². The Morgan fingerprint density at radius 3 is 2.06 bits per heavy atom. The Hall–Kier alpha value is -0.640.